The number of aromatic nitrogens is 3. The Morgan fingerprint density at radius 2 is 1.95 bits per heavy atom. The predicted molar refractivity (Wildman–Crippen MR) is 81.7 cm³/mol. The topological polar surface area (TPSA) is 88.3 Å². The molecule has 0 saturated carbocycles. The van der Waals surface area contributed by atoms with Gasteiger partial charge in [-0.1, -0.05) is 0 Å². The van der Waals surface area contributed by atoms with Crippen LogP contribution in [0.4, 0.5) is 0 Å². The number of hydrogen-bond acceptors (Lipinski definition) is 4. The summed E-state index contributed by atoms with van der Waals surface area (Å²) in [6.45, 7) is 7.23. The third kappa shape index (κ3) is 3.08. The summed E-state index contributed by atoms with van der Waals surface area (Å²) in [7, 11) is 0. The summed E-state index contributed by atoms with van der Waals surface area (Å²) < 4.78 is 1.78. The van der Waals surface area contributed by atoms with Crippen LogP contribution in [0.15, 0.2) is 18.5 Å². The highest BCUT2D eigenvalue weighted by Crippen LogP contribution is 2.18. The highest BCUT2D eigenvalue weighted by molar-refractivity contribution is 5.98. The number of carbonyl (C=O) groups excluding carboxylic acids is 1. The van der Waals surface area contributed by atoms with Crippen LogP contribution in [0.2, 0.25) is 0 Å². The van der Waals surface area contributed by atoms with Crippen LogP contribution in [0.25, 0.3) is 11.0 Å². The van der Waals surface area contributed by atoms with Crippen LogP contribution in [0.3, 0.4) is 0 Å². The van der Waals surface area contributed by atoms with Gasteiger partial charge in [-0.05, 0) is 33.8 Å². The molecule has 0 radical (unpaired) electrons. The first-order valence-electron chi connectivity index (χ1n) is 7.17. The summed E-state index contributed by atoms with van der Waals surface area (Å²) in [6.07, 6.45) is 3.14. The third-order valence-electron chi connectivity index (χ3n) is 3.36. The lowest BCUT2D eigenvalue weighted by molar-refractivity contribution is -0.138. The molecule has 22 heavy (non-hydrogen) atoms. The van der Waals surface area contributed by atoms with Gasteiger partial charge < -0.3 is 10.0 Å². The molecule has 0 unspecified atom stereocenters. The average Bonchev–Trinajstić information content (AvgIpc) is 2.86. The maximum Gasteiger partial charge on any atom is 0.323 e. The molecule has 7 heteroatoms. The van der Waals surface area contributed by atoms with Gasteiger partial charge in [-0.2, -0.15) is 5.10 Å². The van der Waals surface area contributed by atoms with Gasteiger partial charge in [-0.25, -0.2) is 9.67 Å². The van der Waals surface area contributed by atoms with Crippen molar-refractivity contribution < 1.29 is 14.7 Å². The van der Waals surface area contributed by atoms with E-state index in [9.17, 15) is 9.59 Å². The largest absolute Gasteiger partial charge is 0.480 e. The summed E-state index contributed by atoms with van der Waals surface area (Å²) >= 11 is 0. The van der Waals surface area contributed by atoms with Crippen LogP contribution in [0, 0.1) is 0 Å². The Morgan fingerprint density at radius 3 is 2.50 bits per heavy atom. The monoisotopic (exact) mass is 304 g/mol. The number of carboxylic acids is 1. The molecule has 2 rings (SSSR count). The second-order valence-electron chi connectivity index (χ2n) is 5.74. The Balaban J connectivity index is 2.37. The number of pyridine rings is 1. The fraction of sp³-hybridized carbons (Fsp3) is 0.467. The van der Waals surface area contributed by atoms with Gasteiger partial charge in [-0.15, -0.1) is 0 Å². The van der Waals surface area contributed by atoms with Crippen molar-refractivity contribution in [2.45, 2.75) is 39.8 Å². The lowest BCUT2D eigenvalue weighted by Crippen LogP contribution is -2.40. The molecule has 2 heterocycles. The molecule has 0 saturated heterocycles. The Kier molecular flexibility index (Phi) is 4.44. The van der Waals surface area contributed by atoms with Gasteiger partial charge in [0.25, 0.3) is 5.91 Å². The van der Waals surface area contributed by atoms with Gasteiger partial charge in [-0.3, -0.25) is 9.59 Å². The fourth-order valence-electron chi connectivity index (χ4n) is 2.24. The van der Waals surface area contributed by atoms with Gasteiger partial charge in [0.05, 0.1) is 11.8 Å². The summed E-state index contributed by atoms with van der Waals surface area (Å²) in [5, 5.41) is 14.0. The zero-order chi connectivity index (χ0) is 16.4. The summed E-state index contributed by atoms with van der Waals surface area (Å²) in [6, 6.07) is 1.66. The number of fused-ring (bicyclic) bond motifs is 1. The fourth-order valence-corrected chi connectivity index (χ4v) is 2.24. The zero-order valence-electron chi connectivity index (χ0n) is 13.1. The Hall–Kier alpha value is -2.44. The van der Waals surface area contributed by atoms with E-state index in [-0.39, 0.29) is 24.5 Å². The summed E-state index contributed by atoms with van der Waals surface area (Å²) in [4.78, 5) is 29.0. The second-order valence-corrected chi connectivity index (χ2v) is 5.74. The molecule has 0 fully saturated rings. The number of hydrogen-bond donors (Lipinski definition) is 1. The minimum atomic E-state index is -1.04. The molecule has 0 atom stereocenters. The minimum Gasteiger partial charge on any atom is -0.480 e. The molecule has 1 amide bonds. The highest BCUT2D eigenvalue weighted by atomic mass is 16.4. The van der Waals surface area contributed by atoms with Crippen LogP contribution >= 0.6 is 0 Å². The van der Waals surface area contributed by atoms with Crippen molar-refractivity contribution in [2.24, 2.45) is 0 Å². The van der Waals surface area contributed by atoms with Crippen molar-refractivity contribution in [3.63, 3.8) is 0 Å². The van der Waals surface area contributed by atoms with Gasteiger partial charge in [0.2, 0.25) is 0 Å². The van der Waals surface area contributed by atoms with Crippen molar-refractivity contribution in [1.82, 2.24) is 19.7 Å². The number of aliphatic carboxylic acids is 1. The molecule has 0 aliphatic heterocycles. The first-order chi connectivity index (χ1) is 10.3. The average molecular weight is 304 g/mol. The quantitative estimate of drug-likeness (QED) is 0.912. The molecule has 0 spiro atoms. The lowest BCUT2D eigenvalue weighted by atomic mass is 10.2. The number of nitrogens with zero attached hydrogens (tertiary/aromatic N) is 4. The van der Waals surface area contributed by atoms with E-state index in [2.05, 4.69) is 10.1 Å². The van der Waals surface area contributed by atoms with E-state index in [0.29, 0.717) is 11.2 Å². The molecule has 2 aromatic rings. The van der Waals surface area contributed by atoms with Crippen LogP contribution in [0.1, 0.15) is 44.1 Å². The molecule has 1 N–H and O–H groups in total. The van der Waals surface area contributed by atoms with Crippen molar-refractivity contribution >= 4 is 22.9 Å². The highest BCUT2D eigenvalue weighted by Gasteiger charge is 2.22. The van der Waals surface area contributed by atoms with Gasteiger partial charge in [0, 0.05) is 23.7 Å². The molecule has 0 aliphatic rings. The molecular weight excluding hydrogens is 284 g/mol. The second kappa shape index (κ2) is 6.13. The van der Waals surface area contributed by atoms with E-state index in [4.69, 9.17) is 5.11 Å². The van der Waals surface area contributed by atoms with Crippen LogP contribution in [0.5, 0.6) is 0 Å². The number of rotatable bonds is 5. The molecular formula is C15H20N4O3. The molecule has 0 aliphatic carbocycles. The van der Waals surface area contributed by atoms with Crippen LogP contribution < -0.4 is 0 Å². The molecule has 2 aromatic heterocycles. The van der Waals surface area contributed by atoms with Crippen LogP contribution in [-0.2, 0) is 4.79 Å². The SMILES string of the molecule is CC(C)N(CC(=O)O)C(=O)c1cnc2c(cnn2C(C)C)c1. The van der Waals surface area contributed by atoms with Gasteiger partial charge >= 0.3 is 5.97 Å². The standard InChI is InChI=1S/C15H20N4O3/c1-9(2)18(8-13(20)21)15(22)12-5-11-7-17-19(10(3)4)14(11)16-6-12/h5-7,9-10H,8H2,1-4H3,(H,20,21). The van der Waals surface area contributed by atoms with Crippen molar-refractivity contribution in [1.29, 1.82) is 0 Å². The molecule has 118 valence electrons. The van der Waals surface area contributed by atoms with Gasteiger partial charge in [0.15, 0.2) is 5.65 Å². The van der Waals surface area contributed by atoms with E-state index in [1.165, 1.54) is 11.1 Å². The van der Waals surface area contributed by atoms with Crippen molar-refractivity contribution in [3.8, 4) is 0 Å². The number of carboxylic acid groups (broad SMARTS) is 1. The normalized spacial score (nSPS) is 11.4. The van der Waals surface area contributed by atoms with E-state index < -0.39 is 5.97 Å². The lowest BCUT2D eigenvalue weighted by Gasteiger charge is -2.24. The van der Waals surface area contributed by atoms with E-state index in [1.807, 2.05) is 13.8 Å². The third-order valence-corrected chi connectivity index (χ3v) is 3.36. The maximum absolute atomic E-state index is 12.5. The first kappa shape index (κ1) is 15.9. The minimum absolute atomic E-state index is 0.172. The number of carbonyl (C=O) groups is 2. The Labute approximate surface area is 128 Å². The van der Waals surface area contributed by atoms with Crippen LogP contribution in [-0.4, -0.2) is 49.2 Å². The Bertz CT molecular complexity index is 706. The zero-order valence-corrected chi connectivity index (χ0v) is 13.1. The van der Waals surface area contributed by atoms with E-state index in [0.717, 1.165) is 5.39 Å². The smallest absolute Gasteiger partial charge is 0.323 e. The first-order valence-corrected chi connectivity index (χ1v) is 7.17. The summed E-state index contributed by atoms with van der Waals surface area (Å²) in [5.74, 6) is -1.38. The number of amides is 1. The van der Waals surface area contributed by atoms with Crippen molar-refractivity contribution in [3.05, 3.63) is 24.0 Å². The predicted octanol–water partition coefficient (Wildman–Crippen LogP) is 1.95. The Morgan fingerprint density at radius 1 is 1.27 bits per heavy atom. The maximum atomic E-state index is 12.5. The molecule has 0 bridgehead atoms. The van der Waals surface area contributed by atoms with Crippen molar-refractivity contribution in [2.75, 3.05) is 6.54 Å². The molecule has 7 nitrogen and oxygen atoms in total. The summed E-state index contributed by atoms with van der Waals surface area (Å²) in [5.41, 5.74) is 1.08. The molecule has 0 aromatic carbocycles. The van der Waals surface area contributed by atoms with E-state index >= 15 is 0 Å². The van der Waals surface area contributed by atoms with E-state index in [1.54, 1.807) is 30.8 Å². The van der Waals surface area contributed by atoms with Gasteiger partial charge in [0.1, 0.15) is 6.54 Å².